The molecular formula is C19H17NO. The maximum Gasteiger partial charge on any atom is 0.226 e. The van der Waals surface area contributed by atoms with E-state index in [9.17, 15) is 0 Å². The van der Waals surface area contributed by atoms with Crippen LogP contribution in [-0.4, -0.2) is 4.98 Å². The van der Waals surface area contributed by atoms with Crippen LogP contribution in [0.3, 0.4) is 0 Å². The van der Waals surface area contributed by atoms with Gasteiger partial charge in [-0.05, 0) is 36.6 Å². The van der Waals surface area contributed by atoms with Gasteiger partial charge < -0.3 is 4.42 Å². The molecule has 0 aliphatic rings. The molecule has 21 heavy (non-hydrogen) atoms. The molecule has 104 valence electrons. The highest BCUT2D eigenvalue weighted by Gasteiger charge is 2.03. The zero-order valence-corrected chi connectivity index (χ0v) is 11.8. The summed E-state index contributed by atoms with van der Waals surface area (Å²) in [5, 5.41) is 0. The zero-order chi connectivity index (χ0) is 14.3. The first-order valence-corrected chi connectivity index (χ1v) is 7.13. The van der Waals surface area contributed by atoms with Crippen LogP contribution in [0.15, 0.2) is 77.4 Å². The van der Waals surface area contributed by atoms with Crippen LogP contribution in [0.2, 0.25) is 0 Å². The topological polar surface area (TPSA) is 26.0 Å². The highest BCUT2D eigenvalue weighted by molar-refractivity contribution is 5.54. The average Bonchev–Trinajstić information content (AvgIpc) is 3.02. The van der Waals surface area contributed by atoms with Crippen LogP contribution in [0.1, 0.15) is 17.7 Å². The van der Waals surface area contributed by atoms with Gasteiger partial charge in [-0.3, -0.25) is 0 Å². The fraction of sp³-hybridized carbons (Fsp3) is 0.105. The average molecular weight is 275 g/mol. The molecule has 0 saturated carbocycles. The number of hydrogen-bond donors (Lipinski definition) is 0. The van der Waals surface area contributed by atoms with Crippen molar-refractivity contribution >= 4 is 6.08 Å². The molecule has 0 aliphatic heterocycles. The molecule has 1 heterocycles. The lowest BCUT2D eigenvalue weighted by atomic mass is 10.1. The van der Waals surface area contributed by atoms with E-state index in [1.807, 2.05) is 42.5 Å². The molecule has 0 unspecified atom stereocenters. The summed E-state index contributed by atoms with van der Waals surface area (Å²) < 4.78 is 5.72. The number of nitrogens with zero attached hydrogens (tertiary/aromatic N) is 1. The van der Waals surface area contributed by atoms with Crippen molar-refractivity contribution in [1.82, 2.24) is 4.98 Å². The van der Waals surface area contributed by atoms with Crippen molar-refractivity contribution in [3.63, 3.8) is 0 Å². The number of benzene rings is 2. The molecule has 0 atom stereocenters. The molecular weight excluding hydrogens is 258 g/mol. The van der Waals surface area contributed by atoms with E-state index in [0.29, 0.717) is 5.89 Å². The van der Waals surface area contributed by atoms with Crippen molar-refractivity contribution in [2.75, 3.05) is 0 Å². The van der Waals surface area contributed by atoms with Crippen LogP contribution < -0.4 is 0 Å². The Morgan fingerprint density at radius 1 is 0.905 bits per heavy atom. The number of allylic oxidation sites excluding steroid dienone is 1. The van der Waals surface area contributed by atoms with Crippen LogP contribution in [0.25, 0.3) is 17.5 Å². The summed E-state index contributed by atoms with van der Waals surface area (Å²) in [6, 6.07) is 20.4. The molecule has 2 heteroatoms. The molecule has 3 rings (SSSR count). The van der Waals surface area contributed by atoms with E-state index in [1.54, 1.807) is 6.20 Å². The van der Waals surface area contributed by atoms with Gasteiger partial charge in [0.05, 0.1) is 6.20 Å². The van der Waals surface area contributed by atoms with Crippen LogP contribution >= 0.6 is 0 Å². The third-order valence-electron chi connectivity index (χ3n) is 3.27. The molecule has 1 aromatic heterocycles. The highest BCUT2D eigenvalue weighted by atomic mass is 16.4. The Balaban J connectivity index is 1.58. The van der Waals surface area contributed by atoms with E-state index < -0.39 is 0 Å². The smallest absolute Gasteiger partial charge is 0.226 e. The Bertz CT molecular complexity index is 699. The fourth-order valence-corrected chi connectivity index (χ4v) is 2.17. The van der Waals surface area contributed by atoms with Crippen molar-refractivity contribution in [3.05, 3.63) is 84.3 Å². The summed E-state index contributed by atoms with van der Waals surface area (Å²) in [5.74, 6) is 1.46. The van der Waals surface area contributed by atoms with Crippen molar-refractivity contribution in [3.8, 4) is 11.5 Å². The second-order valence-corrected chi connectivity index (χ2v) is 4.86. The molecule has 0 aliphatic carbocycles. The van der Waals surface area contributed by atoms with Gasteiger partial charge in [0.1, 0.15) is 5.76 Å². The molecule has 2 nitrogen and oxygen atoms in total. The third kappa shape index (κ3) is 3.69. The quantitative estimate of drug-likeness (QED) is 0.655. The first kappa shape index (κ1) is 13.4. The summed E-state index contributed by atoms with van der Waals surface area (Å²) in [7, 11) is 0. The van der Waals surface area contributed by atoms with E-state index in [4.69, 9.17) is 4.42 Å². The maximum atomic E-state index is 5.72. The predicted molar refractivity (Wildman–Crippen MR) is 85.7 cm³/mol. The molecule has 0 radical (unpaired) electrons. The number of oxazole rings is 1. The summed E-state index contributed by atoms with van der Waals surface area (Å²) in [5.41, 5.74) is 2.35. The van der Waals surface area contributed by atoms with Gasteiger partial charge in [0.15, 0.2) is 0 Å². The van der Waals surface area contributed by atoms with E-state index in [2.05, 4.69) is 35.3 Å². The van der Waals surface area contributed by atoms with E-state index >= 15 is 0 Å². The van der Waals surface area contributed by atoms with Gasteiger partial charge >= 0.3 is 0 Å². The van der Waals surface area contributed by atoms with E-state index in [1.165, 1.54) is 5.56 Å². The molecule has 0 bridgehead atoms. The Labute approximate surface area is 124 Å². The Morgan fingerprint density at radius 3 is 2.38 bits per heavy atom. The van der Waals surface area contributed by atoms with Crippen molar-refractivity contribution in [1.29, 1.82) is 0 Å². The van der Waals surface area contributed by atoms with Gasteiger partial charge in [-0.2, -0.15) is 0 Å². The van der Waals surface area contributed by atoms with Gasteiger partial charge in [0, 0.05) is 5.56 Å². The monoisotopic (exact) mass is 275 g/mol. The summed E-state index contributed by atoms with van der Waals surface area (Å²) in [6.07, 6.45) is 7.91. The first-order chi connectivity index (χ1) is 10.4. The van der Waals surface area contributed by atoms with Crippen molar-refractivity contribution in [2.24, 2.45) is 0 Å². The molecule has 0 saturated heterocycles. The second-order valence-electron chi connectivity index (χ2n) is 4.86. The van der Waals surface area contributed by atoms with Crippen LogP contribution in [0, 0.1) is 0 Å². The van der Waals surface area contributed by atoms with Crippen LogP contribution in [-0.2, 0) is 6.42 Å². The molecule has 0 fully saturated rings. The number of rotatable bonds is 5. The summed E-state index contributed by atoms with van der Waals surface area (Å²) in [6.45, 7) is 0. The predicted octanol–water partition coefficient (Wildman–Crippen LogP) is 4.99. The molecule has 2 aromatic carbocycles. The summed E-state index contributed by atoms with van der Waals surface area (Å²) in [4.78, 5) is 4.31. The molecule has 0 amide bonds. The lowest BCUT2D eigenvalue weighted by Crippen LogP contribution is -1.80. The first-order valence-electron chi connectivity index (χ1n) is 7.13. The Kier molecular flexibility index (Phi) is 4.27. The van der Waals surface area contributed by atoms with E-state index in [-0.39, 0.29) is 0 Å². The lowest BCUT2D eigenvalue weighted by molar-refractivity contribution is 0.564. The SMILES string of the molecule is C(=C/c1cnc(-c2ccccc2)o1)/CCc1ccccc1. The Hall–Kier alpha value is -2.61. The minimum atomic E-state index is 0.665. The maximum absolute atomic E-state index is 5.72. The van der Waals surface area contributed by atoms with E-state index in [0.717, 1.165) is 24.2 Å². The Morgan fingerprint density at radius 2 is 1.62 bits per heavy atom. The number of aromatic nitrogens is 1. The lowest BCUT2D eigenvalue weighted by Gasteiger charge is -1.96. The van der Waals surface area contributed by atoms with Gasteiger partial charge in [0.25, 0.3) is 0 Å². The normalized spacial score (nSPS) is 11.0. The second kappa shape index (κ2) is 6.71. The number of aryl methyl sites for hydroxylation is 1. The molecule has 3 aromatic rings. The minimum absolute atomic E-state index is 0.665. The van der Waals surface area contributed by atoms with Gasteiger partial charge in [0.2, 0.25) is 5.89 Å². The number of hydrogen-bond acceptors (Lipinski definition) is 2. The molecule has 0 N–H and O–H groups in total. The van der Waals surface area contributed by atoms with Crippen molar-refractivity contribution in [2.45, 2.75) is 12.8 Å². The largest absolute Gasteiger partial charge is 0.437 e. The van der Waals surface area contributed by atoms with Gasteiger partial charge in [-0.25, -0.2) is 4.98 Å². The van der Waals surface area contributed by atoms with Crippen LogP contribution in [0.5, 0.6) is 0 Å². The minimum Gasteiger partial charge on any atom is -0.437 e. The van der Waals surface area contributed by atoms with Crippen LogP contribution in [0.4, 0.5) is 0 Å². The molecule has 0 spiro atoms. The van der Waals surface area contributed by atoms with Crippen molar-refractivity contribution < 1.29 is 4.42 Å². The fourth-order valence-electron chi connectivity index (χ4n) is 2.17. The third-order valence-corrected chi connectivity index (χ3v) is 3.27. The highest BCUT2D eigenvalue weighted by Crippen LogP contribution is 2.19. The van der Waals surface area contributed by atoms with Gasteiger partial charge in [-0.15, -0.1) is 0 Å². The zero-order valence-electron chi connectivity index (χ0n) is 11.8. The summed E-state index contributed by atoms with van der Waals surface area (Å²) >= 11 is 0. The standard InChI is InChI=1S/C19H17NO/c1-3-9-16(10-4-1)11-7-8-14-18-15-20-19(21-18)17-12-5-2-6-13-17/h1-6,8-10,12-15H,7,11H2/b14-8-. The van der Waals surface area contributed by atoms with Gasteiger partial charge in [-0.1, -0.05) is 54.6 Å².